The molecule has 0 saturated carbocycles. The lowest BCUT2D eigenvalue weighted by atomic mass is 10.2. The van der Waals surface area contributed by atoms with Crippen LogP contribution in [0.2, 0.25) is 0 Å². The van der Waals surface area contributed by atoms with E-state index in [2.05, 4.69) is 5.32 Å². The van der Waals surface area contributed by atoms with E-state index in [4.69, 9.17) is 0 Å². The van der Waals surface area contributed by atoms with Crippen molar-refractivity contribution >= 4 is 11.4 Å². The van der Waals surface area contributed by atoms with Crippen molar-refractivity contribution in [3.8, 4) is 0 Å². The van der Waals surface area contributed by atoms with Gasteiger partial charge in [0.1, 0.15) is 0 Å². The highest BCUT2D eigenvalue weighted by molar-refractivity contribution is 5.62. The second kappa shape index (κ2) is 5.51. The maximum absolute atomic E-state index is 13.8. The number of nitro benzene ring substituents is 1. The SMILES string of the molecule is Cc1cc(CNc2c([N+](=O)[O-])ccc(F)c2F)c(C)n1C. The van der Waals surface area contributed by atoms with Gasteiger partial charge in [0.15, 0.2) is 17.3 Å². The van der Waals surface area contributed by atoms with Crippen LogP contribution in [0.25, 0.3) is 0 Å². The van der Waals surface area contributed by atoms with Crippen LogP contribution >= 0.6 is 0 Å². The molecule has 1 aromatic carbocycles. The number of aromatic nitrogens is 1. The topological polar surface area (TPSA) is 60.1 Å². The van der Waals surface area contributed by atoms with Gasteiger partial charge in [-0.25, -0.2) is 8.78 Å². The van der Waals surface area contributed by atoms with E-state index in [-0.39, 0.29) is 6.54 Å². The van der Waals surface area contributed by atoms with Crippen molar-refractivity contribution in [2.45, 2.75) is 20.4 Å². The fourth-order valence-electron chi connectivity index (χ4n) is 2.16. The van der Waals surface area contributed by atoms with Crippen molar-refractivity contribution in [1.82, 2.24) is 4.57 Å². The monoisotopic (exact) mass is 295 g/mol. The smallest absolute Gasteiger partial charge is 0.295 e. The summed E-state index contributed by atoms with van der Waals surface area (Å²) in [7, 11) is 1.89. The summed E-state index contributed by atoms with van der Waals surface area (Å²) in [6.07, 6.45) is 0. The number of rotatable bonds is 4. The maximum Gasteiger partial charge on any atom is 0.295 e. The number of nitrogens with one attached hydrogen (secondary N) is 1. The van der Waals surface area contributed by atoms with Crippen molar-refractivity contribution in [2.24, 2.45) is 7.05 Å². The molecular weight excluding hydrogens is 280 g/mol. The largest absolute Gasteiger partial charge is 0.373 e. The van der Waals surface area contributed by atoms with Gasteiger partial charge >= 0.3 is 0 Å². The minimum Gasteiger partial charge on any atom is -0.373 e. The van der Waals surface area contributed by atoms with Crippen molar-refractivity contribution in [3.05, 3.63) is 56.9 Å². The fraction of sp³-hybridized carbons (Fsp3) is 0.286. The molecule has 0 spiro atoms. The molecule has 1 aromatic heterocycles. The predicted molar refractivity (Wildman–Crippen MR) is 75.2 cm³/mol. The summed E-state index contributed by atoms with van der Waals surface area (Å²) in [5.41, 5.74) is 1.92. The highest BCUT2D eigenvalue weighted by atomic mass is 19.2. The predicted octanol–water partition coefficient (Wildman–Crippen LogP) is 3.44. The molecule has 112 valence electrons. The van der Waals surface area contributed by atoms with Gasteiger partial charge in [-0.3, -0.25) is 10.1 Å². The Morgan fingerprint density at radius 3 is 2.52 bits per heavy atom. The first-order chi connectivity index (χ1) is 9.82. The summed E-state index contributed by atoms with van der Waals surface area (Å²) in [6.45, 7) is 3.98. The number of hydrogen-bond donors (Lipinski definition) is 1. The lowest BCUT2D eigenvalue weighted by Gasteiger charge is -2.09. The molecule has 7 heteroatoms. The minimum atomic E-state index is -1.24. The second-order valence-corrected chi connectivity index (χ2v) is 4.82. The molecule has 0 unspecified atom stereocenters. The maximum atomic E-state index is 13.8. The highest BCUT2D eigenvalue weighted by Gasteiger charge is 2.21. The molecule has 0 atom stereocenters. The molecular formula is C14H15F2N3O2. The lowest BCUT2D eigenvalue weighted by Crippen LogP contribution is -2.07. The molecule has 0 bridgehead atoms. The van der Waals surface area contributed by atoms with Crippen LogP contribution in [-0.4, -0.2) is 9.49 Å². The molecule has 0 aliphatic rings. The van der Waals surface area contributed by atoms with Crippen molar-refractivity contribution in [2.75, 3.05) is 5.32 Å². The van der Waals surface area contributed by atoms with Gasteiger partial charge in [0, 0.05) is 31.0 Å². The number of nitro groups is 1. The molecule has 21 heavy (non-hydrogen) atoms. The van der Waals surface area contributed by atoms with E-state index >= 15 is 0 Å². The molecule has 1 N–H and O–H groups in total. The Hall–Kier alpha value is -2.44. The first-order valence-corrected chi connectivity index (χ1v) is 6.31. The van der Waals surface area contributed by atoms with Crippen LogP contribution in [0.4, 0.5) is 20.2 Å². The number of nitrogens with zero attached hydrogens (tertiary/aromatic N) is 2. The van der Waals surface area contributed by atoms with Gasteiger partial charge in [-0.2, -0.15) is 0 Å². The van der Waals surface area contributed by atoms with E-state index in [1.807, 2.05) is 31.5 Å². The second-order valence-electron chi connectivity index (χ2n) is 4.82. The van der Waals surface area contributed by atoms with E-state index in [0.29, 0.717) is 0 Å². The number of halogens is 2. The van der Waals surface area contributed by atoms with Crippen LogP contribution in [-0.2, 0) is 13.6 Å². The zero-order chi connectivity index (χ0) is 15.7. The third kappa shape index (κ3) is 2.72. The zero-order valence-electron chi connectivity index (χ0n) is 11.9. The molecule has 2 aromatic rings. The lowest BCUT2D eigenvalue weighted by molar-refractivity contribution is -0.384. The zero-order valence-corrected chi connectivity index (χ0v) is 11.9. The van der Waals surface area contributed by atoms with Gasteiger partial charge in [0.25, 0.3) is 5.69 Å². The van der Waals surface area contributed by atoms with Crippen LogP contribution < -0.4 is 5.32 Å². The van der Waals surface area contributed by atoms with Crippen molar-refractivity contribution < 1.29 is 13.7 Å². The van der Waals surface area contributed by atoms with E-state index in [0.717, 1.165) is 29.1 Å². The summed E-state index contributed by atoms with van der Waals surface area (Å²) < 4.78 is 29.0. The Bertz CT molecular complexity index is 711. The first kappa shape index (κ1) is 15.0. The summed E-state index contributed by atoms with van der Waals surface area (Å²) >= 11 is 0. The van der Waals surface area contributed by atoms with Crippen LogP contribution in [0.3, 0.4) is 0 Å². The highest BCUT2D eigenvalue weighted by Crippen LogP contribution is 2.29. The summed E-state index contributed by atoms with van der Waals surface area (Å²) in [6, 6.07) is 3.59. The molecule has 0 fully saturated rings. The van der Waals surface area contributed by atoms with E-state index in [1.54, 1.807) is 0 Å². The fourth-order valence-corrected chi connectivity index (χ4v) is 2.16. The third-order valence-electron chi connectivity index (χ3n) is 3.61. The van der Waals surface area contributed by atoms with Crippen LogP contribution in [0.5, 0.6) is 0 Å². The summed E-state index contributed by atoms with van der Waals surface area (Å²) in [5.74, 6) is -2.36. The molecule has 0 saturated heterocycles. The van der Waals surface area contributed by atoms with Gasteiger partial charge in [-0.15, -0.1) is 0 Å². The number of aryl methyl sites for hydroxylation is 1. The standard InChI is InChI=1S/C14H15F2N3O2/c1-8-6-10(9(2)18(8)3)7-17-14-12(19(20)21)5-4-11(15)13(14)16/h4-6,17H,7H2,1-3H3. The van der Waals surface area contributed by atoms with Crippen molar-refractivity contribution in [3.63, 3.8) is 0 Å². The summed E-state index contributed by atoms with van der Waals surface area (Å²) in [4.78, 5) is 10.2. The Morgan fingerprint density at radius 2 is 2.00 bits per heavy atom. The molecule has 2 rings (SSSR count). The minimum absolute atomic E-state index is 0.175. The Labute approximate surface area is 120 Å². The van der Waals surface area contributed by atoms with Gasteiger partial charge in [-0.1, -0.05) is 0 Å². The normalized spacial score (nSPS) is 10.7. The van der Waals surface area contributed by atoms with E-state index in [9.17, 15) is 18.9 Å². The van der Waals surface area contributed by atoms with Crippen molar-refractivity contribution in [1.29, 1.82) is 0 Å². The number of hydrogen-bond acceptors (Lipinski definition) is 3. The number of anilines is 1. The third-order valence-corrected chi connectivity index (χ3v) is 3.61. The Morgan fingerprint density at radius 1 is 1.33 bits per heavy atom. The van der Waals surface area contributed by atoms with E-state index in [1.165, 1.54) is 0 Å². The van der Waals surface area contributed by atoms with Gasteiger partial charge in [0.2, 0.25) is 0 Å². The first-order valence-electron chi connectivity index (χ1n) is 6.31. The van der Waals surface area contributed by atoms with Gasteiger partial charge < -0.3 is 9.88 Å². The average molecular weight is 295 g/mol. The van der Waals surface area contributed by atoms with E-state index < -0.39 is 27.9 Å². The quantitative estimate of drug-likeness (QED) is 0.694. The Balaban J connectivity index is 2.33. The molecule has 5 nitrogen and oxygen atoms in total. The molecule has 1 heterocycles. The average Bonchev–Trinajstić information content (AvgIpc) is 2.67. The van der Waals surface area contributed by atoms with Crippen LogP contribution in [0, 0.1) is 35.6 Å². The summed E-state index contributed by atoms with van der Waals surface area (Å²) in [5, 5.41) is 13.5. The van der Waals surface area contributed by atoms with Gasteiger partial charge in [-0.05, 0) is 31.5 Å². The molecule has 0 aliphatic carbocycles. The van der Waals surface area contributed by atoms with Crippen LogP contribution in [0.15, 0.2) is 18.2 Å². The molecule has 0 amide bonds. The number of benzene rings is 1. The molecule has 0 radical (unpaired) electrons. The molecule has 0 aliphatic heterocycles. The van der Waals surface area contributed by atoms with Gasteiger partial charge in [0.05, 0.1) is 4.92 Å². The Kier molecular flexibility index (Phi) is 3.93. The van der Waals surface area contributed by atoms with Crippen LogP contribution in [0.1, 0.15) is 17.0 Å².